The number of phenolic OH excluding ortho intramolecular Hbond substituents is 1. The second kappa shape index (κ2) is 40.1. The average molecular weight is 1420 g/mol. The van der Waals surface area contributed by atoms with Gasteiger partial charge >= 0.3 is 17.9 Å². The molecule has 94 heavy (non-hydrogen) atoms. The van der Waals surface area contributed by atoms with Crippen LogP contribution in [-0.2, 0) is 60.8 Å². The molecule has 30 nitrogen and oxygen atoms in total. The number of likely N-dealkylation sites (N-methyl/N-ethyl adjacent to an activating group) is 1. The highest BCUT2D eigenvalue weighted by molar-refractivity contribution is 14.1. The first-order chi connectivity index (χ1) is 44.9. The van der Waals surface area contributed by atoms with E-state index in [2.05, 4.69) is 53.2 Å². The Labute approximate surface area is 557 Å². The third-order valence-electron chi connectivity index (χ3n) is 15.1. The minimum Gasteiger partial charge on any atom is -0.507 e. The number of halogens is 1. The van der Waals surface area contributed by atoms with Crippen molar-refractivity contribution in [3.63, 3.8) is 0 Å². The zero-order chi connectivity index (χ0) is 68.5. The molecule has 4 aromatic carbocycles. The molecule has 0 aromatic heterocycles. The van der Waals surface area contributed by atoms with Crippen LogP contribution in [0.2, 0.25) is 0 Å². The minimum atomic E-state index is -1.29. The second-order valence-electron chi connectivity index (χ2n) is 22.6. The number of carbonyl (C=O) groups excluding carboxylic acids is 8. The highest BCUT2D eigenvalue weighted by atomic mass is 127. The van der Waals surface area contributed by atoms with Crippen LogP contribution in [0.15, 0.2) is 84.9 Å². The number of carboxylic acids is 3. The lowest BCUT2D eigenvalue weighted by Gasteiger charge is -2.32. The number of benzene rings is 4. The number of unbranched alkanes of at least 4 members (excludes halogenated alkanes) is 2. The summed E-state index contributed by atoms with van der Waals surface area (Å²) in [6, 6.07) is 18.9. The Morgan fingerprint density at radius 1 is 0.617 bits per heavy atom. The number of aliphatic carboxylic acids is 3. The molecular weight excluding hydrogens is 1330 g/mol. The van der Waals surface area contributed by atoms with Gasteiger partial charge in [-0.3, -0.25) is 67.9 Å². The molecule has 1 aliphatic heterocycles. The number of anilines is 1. The SMILES string of the molecule is CN1C(=O)[C@@H](Cc2ccc(O)c(I)c2)NC(=O)CNC(=O)[C@H](Cc2ccc3ccccc3c2)NC(=O)[C@H](CCCNC(=N)N)NC(=O)[C@H]1CCCNC(=O)c1ccc(NC(=O)CCCCCNC(=O)CN(CCNCC(=O)O)CCN(CCNCC(=O)O)CC(=O)O)cc1. The number of carbonyl (C=O) groups is 11. The monoisotopic (exact) mass is 1420 g/mol. The third kappa shape index (κ3) is 28.0. The molecule has 1 heterocycles. The number of carboxylic acid groups (broad SMARTS) is 3. The quantitative estimate of drug-likeness (QED) is 0.0117. The lowest BCUT2D eigenvalue weighted by atomic mass is 10.00. The van der Waals surface area contributed by atoms with E-state index in [9.17, 15) is 63.0 Å². The summed E-state index contributed by atoms with van der Waals surface area (Å²) in [5, 5.41) is 74.6. The highest BCUT2D eigenvalue weighted by Crippen LogP contribution is 2.23. The van der Waals surface area contributed by atoms with E-state index in [1.165, 1.54) is 30.1 Å². The Bertz CT molecular complexity index is 3270. The maximum absolute atomic E-state index is 14.7. The van der Waals surface area contributed by atoms with Gasteiger partial charge in [0, 0.05) is 96.5 Å². The molecule has 5 rings (SSSR count). The molecule has 0 radical (unpaired) electrons. The fourth-order valence-corrected chi connectivity index (χ4v) is 10.8. The van der Waals surface area contributed by atoms with Crippen molar-refractivity contribution < 1.29 is 73.2 Å². The van der Waals surface area contributed by atoms with E-state index in [4.69, 9.17) is 21.4 Å². The number of nitrogens with one attached hydrogen (secondary N) is 11. The number of guanidine groups is 1. The summed E-state index contributed by atoms with van der Waals surface area (Å²) in [6.45, 7) is 0.464. The van der Waals surface area contributed by atoms with Gasteiger partial charge in [0.25, 0.3) is 5.91 Å². The predicted molar refractivity (Wildman–Crippen MR) is 356 cm³/mol. The molecule has 0 aliphatic carbocycles. The van der Waals surface area contributed by atoms with Crippen LogP contribution < -0.4 is 58.9 Å². The topological polar surface area (TPSA) is 449 Å². The van der Waals surface area contributed by atoms with Gasteiger partial charge in [-0.25, -0.2) is 0 Å². The molecule has 4 aromatic rings. The minimum absolute atomic E-state index is 0.000500. The van der Waals surface area contributed by atoms with Gasteiger partial charge in [0.15, 0.2) is 5.96 Å². The van der Waals surface area contributed by atoms with Crippen molar-refractivity contribution >= 4 is 110 Å². The Kier molecular flexibility index (Phi) is 32.3. The Morgan fingerprint density at radius 2 is 1.22 bits per heavy atom. The molecule has 1 saturated heterocycles. The summed E-state index contributed by atoms with van der Waals surface area (Å²) >= 11 is 1.93. The van der Waals surface area contributed by atoms with E-state index in [1.54, 1.807) is 34.1 Å². The first-order valence-electron chi connectivity index (χ1n) is 30.9. The summed E-state index contributed by atoms with van der Waals surface area (Å²) in [4.78, 5) is 149. The zero-order valence-corrected chi connectivity index (χ0v) is 54.6. The van der Waals surface area contributed by atoms with Crippen LogP contribution in [0.5, 0.6) is 5.75 Å². The number of hydrogen-bond acceptors (Lipinski definition) is 17. The van der Waals surface area contributed by atoms with Crippen LogP contribution >= 0.6 is 22.6 Å². The van der Waals surface area contributed by atoms with Gasteiger partial charge in [0.05, 0.1) is 36.3 Å². The number of phenols is 1. The molecule has 1 aliphatic rings. The maximum Gasteiger partial charge on any atom is 0.317 e. The van der Waals surface area contributed by atoms with Crippen molar-refractivity contribution in [2.75, 3.05) is 104 Å². The molecule has 1 fully saturated rings. The Hall–Kier alpha value is -9.05. The molecular formula is C63H86IN15O15. The fraction of sp³-hybridized carbons (Fsp3) is 0.460. The number of hydrogen-bond donors (Lipinski definition) is 16. The summed E-state index contributed by atoms with van der Waals surface area (Å²) < 4.78 is 0.478. The zero-order valence-electron chi connectivity index (χ0n) is 52.4. The normalized spacial score (nSPS) is 16.4. The van der Waals surface area contributed by atoms with Crippen molar-refractivity contribution in [2.45, 2.75) is 88.4 Å². The van der Waals surface area contributed by atoms with Crippen LogP contribution in [-0.4, -0.2) is 229 Å². The van der Waals surface area contributed by atoms with Crippen molar-refractivity contribution in [1.82, 2.24) is 62.6 Å². The number of rotatable bonds is 37. The van der Waals surface area contributed by atoms with Crippen molar-refractivity contribution in [3.05, 3.63) is 105 Å². The smallest absolute Gasteiger partial charge is 0.317 e. The number of nitrogens with zero attached hydrogens (tertiary/aromatic N) is 3. The molecule has 17 N–H and O–H groups in total. The molecule has 8 amide bonds. The maximum atomic E-state index is 14.7. The number of fused-ring (bicyclic) bond motifs is 1. The van der Waals surface area contributed by atoms with Crippen molar-refractivity contribution in [3.8, 4) is 5.75 Å². The summed E-state index contributed by atoms with van der Waals surface area (Å²) in [6.07, 6.45) is 2.04. The third-order valence-corrected chi connectivity index (χ3v) is 16.0. The van der Waals surface area contributed by atoms with Gasteiger partial charge in [0.1, 0.15) is 29.9 Å². The van der Waals surface area contributed by atoms with Gasteiger partial charge in [-0.2, -0.15) is 0 Å². The van der Waals surface area contributed by atoms with E-state index >= 15 is 0 Å². The molecule has 510 valence electrons. The van der Waals surface area contributed by atoms with Crippen LogP contribution in [0.4, 0.5) is 5.69 Å². The van der Waals surface area contributed by atoms with Crippen LogP contribution in [0.25, 0.3) is 10.8 Å². The number of aromatic hydroxyl groups is 1. The first-order valence-corrected chi connectivity index (χ1v) is 32.0. The highest BCUT2D eigenvalue weighted by Gasteiger charge is 2.36. The van der Waals surface area contributed by atoms with E-state index < -0.39 is 84.1 Å². The van der Waals surface area contributed by atoms with Crippen LogP contribution in [0.1, 0.15) is 72.9 Å². The van der Waals surface area contributed by atoms with Gasteiger partial charge in [-0.1, -0.05) is 55.0 Å². The lowest BCUT2D eigenvalue weighted by molar-refractivity contribution is -0.142. The van der Waals surface area contributed by atoms with Gasteiger partial charge in [0.2, 0.25) is 41.4 Å². The van der Waals surface area contributed by atoms with E-state index in [0.717, 1.165) is 10.8 Å². The van der Waals surface area contributed by atoms with Crippen LogP contribution in [0, 0.1) is 8.98 Å². The van der Waals surface area contributed by atoms with Gasteiger partial charge in [-0.15, -0.1) is 0 Å². The van der Waals surface area contributed by atoms with Crippen molar-refractivity contribution in [1.29, 1.82) is 5.41 Å². The average Bonchev–Trinajstić information content (AvgIpc) is 1.10. The molecule has 31 heteroatoms. The second-order valence-corrected chi connectivity index (χ2v) is 23.7. The Morgan fingerprint density at radius 3 is 1.88 bits per heavy atom. The number of nitrogens with two attached hydrogens (primary N) is 1. The van der Waals surface area contributed by atoms with Gasteiger partial charge in [-0.05, 0) is 119 Å². The number of amides is 8. The standard InChI is InChI=1S/C63H86IN15O15/c1-77-50(12-8-23-70-58(90)43-17-19-45(20-18-43)73-52(81)13-3-2-6-22-69-54(83)38-78(27-25-67-36-55(84)85)29-30-79(39-57(88)89)28-26-68-37-56(86)87)61(93)75-47(11-7-24-71-63(65)66)60(92)76-48(33-40-14-16-42-9-4-5-10-44(42)31-40)59(91)72-35-53(82)74-49(62(77)94)34-41-15-21-51(80)46(64)32-41/h4-5,9-10,14-21,31-32,47-50,67-68,80H,2-3,6-8,11-13,22-30,33-39H2,1H3,(H,69,83)(H,70,90)(H,72,91)(H,73,81)(H,74,82)(H,75,93)(H,76,92)(H,84,85)(H,86,87)(H,88,89)(H4,65,66,71)/t47-,48-,49+,50+/m0/s1. The predicted octanol–water partition coefficient (Wildman–Crippen LogP) is -0.528. The van der Waals surface area contributed by atoms with Gasteiger partial charge < -0.3 is 84.2 Å². The summed E-state index contributed by atoms with van der Waals surface area (Å²) in [5.74, 6) is -8.18. The van der Waals surface area contributed by atoms with E-state index in [0.29, 0.717) is 46.2 Å². The Balaban J connectivity index is 1.18. The fourth-order valence-electron chi connectivity index (χ4n) is 10.2. The lowest BCUT2D eigenvalue weighted by Crippen LogP contribution is -2.58. The van der Waals surface area contributed by atoms with Crippen molar-refractivity contribution in [2.24, 2.45) is 5.73 Å². The van der Waals surface area contributed by atoms with E-state index in [1.807, 2.05) is 65.1 Å². The largest absolute Gasteiger partial charge is 0.507 e. The summed E-state index contributed by atoms with van der Waals surface area (Å²) in [7, 11) is 1.38. The summed E-state index contributed by atoms with van der Waals surface area (Å²) in [5.41, 5.74) is 7.46. The molecule has 0 saturated carbocycles. The molecule has 0 unspecified atom stereocenters. The van der Waals surface area contributed by atoms with Crippen LogP contribution in [0.3, 0.4) is 0 Å². The molecule has 0 spiro atoms. The molecule has 0 bridgehead atoms. The molecule has 4 atom stereocenters. The first kappa shape index (κ1) is 75.7. The van der Waals surface area contributed by atoms with E-state index in [-0.39, 0.29) is 153 Å².